The number of carbonyl (C=O) groups excluding carboxylic acids is 2. The molecule has 0 aliphatic heterocycles. The first kappa shape index (κ1) is 12.6. The highest BCUT2D eigenvalue weighted by atomic mass is 19.1. The van der Waals surface area contributed by atoms with Crippen LogP contribution in [0.4, 0.5) is 4.39 Å². The summed E-state index contributed by atoms with van der Waals surface area (Å²) in [5.41, 5.74) is 2.00. The number of hydrogen-bond donors (Lipinski definition) is 0. The fourth-order valence-electron chi connectivity index (χ4n) is 1.55. The fourth-order valence-corrected chi connectivity index (χ4v) is 1.55. The lowest BCUT2D eigenvalue weighted by Crippen LogP contribution is -2.25. The van der Waals surface area contributed by atoms with Crippen molar-refractivity contribution < 1.29 is 14.0 Å². The Morgan fingerprint density at radius 1 is 1.31 bits per heavy atom. The van der Waals surface area contributed by atoms with E-state index in [1.165, 1.54) is 0 Å². The summed E-state index contributed by atoms with van der Waals surface area (Å²) in [4.78, 5) is 22.8. The first-order chi connectivity index (χ1) is 7.47. The Morgan fingerprint density at radius 3 is 2.44 bits per heavy atom. The fraction of sp³-hybridized carbons (Fsp3) is 0.385. The van der Waals surface area contributed by atoms with Crippen molar-refractivity contribution in [3.8, 4) is 0 Å². The molecule has 0 heterocycles. The minimum absolute atomic E-state index is 0.0395. The zero-order valence-corrected chi connectivity index (χ0v) is 9.71. The van der Waals surface area contributed by atoms with Gasteiger partial charge in [-0.2, -0.15) is 0 Å². The highest BCUT2D eigenvalue weighted by Gasteiger charge is 2.26. The second kappa shape index (κ2) is 5.01. The molecule has 0 saturated carbocycles. The van der Waals surface area contributed by atoms with E-state index in [1.54, 1.807) is 32.0 Å². The summed E-state index contributed by atoms with van der Waals surface area (Å²) in [6.07, 6.45) is -1.98. The van der Waals surface area contributed by atoms with Crippen LogP contribution in [0, 0.1) is 13.8 Å². The molecule has 0 saturated heterocycles. The normalized spacial score (nSPS) is 12.2. The van der Waals surface area contributed by atoms with Gasteiger partial charge in [-0.1, -0.05) is 30.7 Å². The summed E-state index contributed by atoms with van der Waals surface area (Å²) in [5, 5.41) is 0. The number of alkyl halides is 1. The van der Waals surface area contributed by atoms with Crippen LogP contribution in [0.5, 0.6) is 0 Å². The van der Waals surface area contributed by atoms with Crippen LogP contribution >= 0.6 is 0 Å². The Hall–Kier alpha value is -1.51. The van der Waals surface area contributed by atoms with Crippen molar-refractivity contribution in [1.29, 1.82) is 0 Å². The minimum atomic E-state index is -2.02. The molecular weight excluding hydrogens is 207 g/mol. The SMILES string of the molecule is CCC(=O)C(F)C(=O)c1ccc(C)cc1C. The molecule has 1 unspecified atom stereocenters. The van der Waals surface area contributed by atoms with Crippen LogP contribution in [0.1, 0.15) is 34.8 Å². The van der Waals surface area contributed by atoms with Crippen molar-refractivity contribution in [3.63, 3.8) is 0 Å². The van der Waals surface area contributed by atoms with Gasteiger partial charge in [-0.25, -0.2) is 4.39 Å². The number of hydrogen-bond acceptors (Lipinski definition) is 2. The Bertz CT molecular complexity index is 424. The van der Waals surface area contributed by atoms with Crippen molar-refractivity contribution in [2.45, 2.75) is 33.4 Å². The Balaban J connectivity index is 3.01. The van der Waals surface area contributed by atoms with Crippen LogP contribution in [0.15, 0.2) is 18.2 Å². The van der Waals surface area contributed by atoms with Crippen molar-refractivity contribution in [1.82, 2.24) is 0 Å². The van der Waals surface area contributed by atoms with Crippen molar-refractivity contribution in [3.05, 3.63) is 34.9 Å². The monoisotopic (exact) mass is 222 g/mol. The van der Waals surface area contributed by atoms with Crippen LogP contribution in [0.3, 0.4) is 0 Å². The summed E-state index contributed by atoms with van der Waals surface area (Å²) in [7, 11) is 0. The average Bonchev–Trinajstić information content (AvgIpc) is 2.26. The molecule has 86 valence electrons. The largest absolute Gasteiger partial charge is 0.296 e. The lowest BCUT2D eigenvalue weighted by atomic mass is 9.97. The number of ketones is 2. The Labute approximate surface area is 94.5 Å². The molecule has 0 radical (unpaired) electrons. The molecular formula is C13H15FO2. The predicted octanol–water partition coefficient (Wildman–Crippen LogP) is 2.80. The zero-order chi connectivity index (χ0) is 12.3. The van der Waals surface area contributed by atoms with Gasteiger partial charge >= 0.3 is 0 Å². The van der Waals surface area contributed by atoms with Crippen molar-refractivity contribution in [2.75, 3.05) is 0 Å². The van der Waals surface area contributed by atoms with Crippen LogP contribution in [0.25, 0.3) is 0 Å². The van der Waals surface area contributed by atoms with Gasteiger partial charge in [0.25, 0.3) is 0 Å². The third kappa shape index (κ3) is 2.54. The molecule has 1 aromatic carbocycles. The summed E-state index contributed by atoms with van der Waals surface area (Å²) in [6.45, 7) is 5.18. The lowest BCUT2D eigenvalue weighted by Gasteiger charge is -2.08. The van der Waals surface area contributed by atoms with Gasteiger partial charge in [0.1, 0.15) is 0 Å². The molecule has 0 spiro atoms. The molecule has 3 heteroatoms. The smallest absolute Gasteiger partial charge is 0.220 e. The quantitative estimate of drug-likeness (QED) is 0.580. The summed E-state index contributed by atoms with van der Waals surface area (Å²) in [6, 6.07) is 5.11. The first-order valence-corrected chi connectivity index (χ1v) is 5.25. The zero-order valence-electron chi connectivity index (χ0n) is 9.71. The topological polar surface area (TPSA) is 34.1 Å². The van der Waals surface area contributed by atoms with Gasteiger partial charge in [0.15, 0.2) is 5.78 Å². The molecule has 0 aliphatic rings. The second-order valence-electron chi connectivity index (χ2n) is 3.87. The van der Waals surface area contributed by atoms with Crippen molar-refractivity contribution >= 4 is 11.6 Å². The van der Waals surface area contributed by atoms with Crippen LogP contribution in [-0.2, 0) is 4.79 Å². The number of benzene rings is 1. The molecule has 0 bridgehead atoms. The molecule has 2 nitrogen and oxygen atoms in total. The second-order valence-corrected chi connectivity index (χ2v) is 3.87. The maximum Gasteiger partial charge on any atom is 0.220 e. The van der Waals surface area contributed by atoms with Gasteiger partial charge in [0, 0.05) is 12.0 Å². The Kier molecular flexibility index (Phi) is 3.93. The van der Waals surface area contributed by atoms with E-state index in [2.05, 4.69) is 0 Å². The third-order valence-corrected chi connectivity index (χ3v) is 2.51. The number of rotatable bonds is 4. The number of carbonyl (C=O) groups is 2. The van der Waals surface area contributed by atoms with E-state index in [0.29, 0.717) is 11.1 Å². The van der Waals surface area contributed by atoms with Gasteiger partial charge in [-0.15, -0.1) is 0 Å². The van der Waals surface area contributed by atoms with E-state index in [-0.39, 0.29) is 6.42 Å². The van der Waals surface area contributed by atoms with E-state index in [0.717, 1.165) is 5.56 Å². The average molecular weight is 222 g/mol. The molecule has 0 fully saturated rings. The van der Waals surface area contributed by atoms with E-state index in [9.17, 15) is 14.0 Å². The van der Waals surface area contributed by atoms with Gasteiger partial charge < -0.3 is 0 Å². The standard InChI is InChI=1S/C13H15FO2/c1-4-11(15)12(14)13(16)10-6-5-8(2)7-9(10)3/h5-7,12H,4H2,1-3H3. The van der Waals surface area contributed by atoms with Crippen LogP contribution < -0.4 is 0 Å². The molecule has 1 rings (SSSR count). The number of halogens is 1. The summed E-state index contributed by atoms with van der Waals surface area (Å²) < 4.78 is 13.5. The Morgan fingerprint density at radius 2 is 1.94 bits per heavy atom. The predicted molar refractivity (Wildman–Crippen MR) is 60.4 cm³/mol. The molecule has 1 aromatic rings. The molecule has 0 amide bonds. The first-order valence-electron chi connectivity index (χ1n) is 5.25. The molecule has 0 aliphatic carbocycles. The maximum atomic E-state index is 13.5. The van der Waals surface area contributed by atoms with Gasteiger partial charge in [-0.3, -0.25) is 9.59 Å². The highest BCUT2D eigenvalue weighted by Crippen LogP contribution is 2.15. The molecule has 1 atom stereocenters. The van der Waals surface area contributed by atoms with Crippen LogP contribution in [-0.4, -0.2) is 17.7 Å². The molecule has 0 N–H and O–H groups in total. The number of Topliss-reactive ketones (excluding diaryl/α,β-unsaturated/α-hetero) is 2. The van der Waals surface area contributed by atoms with E-state index >= 15 is 0 Å². The number of aryl methyl sites for hydroxylation is 2. The summed E-state index contributed by atoms with van der Waals surface area (Å²) >= 11 is 0. The lowest BCUT2D eigenvalue weighted by molar-refractivity contribution is -0.121. The summed E-state index contributed by atoms with van der Waals surface area (Å²) in [5.74, 6) is -1.39. The van der Waals surface area contributed by atoms with Crippen LogP contribution in [0.2, 0.25) is 0 Å². The van der Waals surface area contributed by atoms with Gasteiger partial charge in [0.2, 0.25) is 12.0 Å². The van der Waals surface area contributed by atoms with Crippen molar-refractivity contribution in [2.24, 2.45) is 0 Å². The highest BCUT2D eigenvalue weighted by molar-refractivity contribution is 6.13. The van der Waals surface area contributed by atoms with E-state index in [4.69, 9.17) is 0 Å². The molecule has 16 heavy (non-hydrogen) atoms. The minimum Gasteiger partial charge on any atom is -0.296 e. The van der Waals surface area contributed by atoms with E-state index in [1.807, 2.05) is 6.92 Å². The third-order valence-electron chi connectivity index (χ3n) is 2.51. The maximum absolute atomic E-state index is 13.5. The van der Waals surface area contributed by atoms with Gasteiger partial charge in [0.05, 0.1) is 0 Å². The van der Waals surface area contributed by atoms with E-state index < -0.39 is 17.7 Å². The molecule has 0 aromatic heterocycles. The van der Waals surface area contributed by atoms with Gasteiger partial charge in [-0.05, 0) is 19.4 Å².